The number of nitrogens with one attached hydrogen (secondary N) is 1. The molecular formula is C19H19NO5. The Bertz CT molecular complexity index is 815. The van der Waals surface area contributed by atoms with E-state index < -0.39 is 24.2 Å². The number of carboxylic acids is 1. The summed E-state index contributed by atoms with van der Waals surface area (Å²) in [7, 11) is 0. The van der Waals surface area contributed by atoms with Crippen LogP contribution in [0.25, 0.3) is 11.1 Å². The summed E-state index contributed by atoms with van der Waals surface area (Å²) in [5.41, 5.74) is 5.54. The number of fused-ring (bicyclic) bond motifs is 3. The lowest BCUT2D eigenvalue weighted by Gasteiger charge is -2.17. The summed E-state index contributed by atoms with van der Waals surface area (Å²) in [6.45, 7) is 1.33. The number of carbonyl (C=O) groups is 2. The van der Waals surface area contributed by atoms with Gasteiger partial charge in [-0.05, 0) is 41.2 Å². The molecule has 6 heteroatoms. The van der Waals surface area contributed by atoms with Crippen molar-refractivity contribution in [2.24, 2.45) is 0 Å². The lowest BCUT2D eigenvalue weighted by molar-refractivity contribution is -0.142. The minimum Gasteiger partial charge on any atom is -0.480 e. The Morgan fingerprint density at radius 3 is 2.60 bits per heavy atom. The van der Waals surface area contributed by atoms with Crippen LogP contribution in [-0.2, 0) is 22.6 Å². The highest BCUT2D eigenvalue weighted by Crippen LogP contribution is 2.38. The van der Waals surface area contributed by atoms with E-state index in [-0.39, 0.29) is 6.61 Å². The first kappa shape index (κ1) is 17.0. The van der Waals surface area contributed by atoms with Crippen molar-refractivity contribution in [2.75, 3.05) is 0 Å². The Morgan fingerprint density at radius 1 is 1.16 bits per heavy atom. The number of amides is 1. The van der Waals surface area contributed by atoms with Crippen LogP contribution in [0.3, 0.4) is 0 Å². The highest BCUT2D eigenvalue weighted by atomic mass is 16.5. The summed E-state index contributed by atoms with van der Waals surface area (Å²) in [6.07, 6.45) is -1.32. The lowest BCUT2D eigenvalue weighted by Crippen LogP contribution is -2.47. The second-order valence-electron chi connectivity index (χ2n) is 6.05. The molecule has 2 aromatic rings. The van der Waals surface area contributed by atoms with Gasteiger partial charge in [0.2, 0.25) is 0 Å². The number of ether oxygens (including phenoxy) is 1. The molecule has 0 saturated heterocycles. The number of hydrogen-bond acceptors (Lipinski definition) is 4. The highest BCUT2D eigenvalue weighted by Gasteiger charge is 2.26. The first-order chi connectivity index (χ1) is 12.0. The Hall–Kier alpha value is -2.86. The summed E-state index contributed by atoms with van der Waals surface area (Å²) in [4.78, 5) is 22.8. The van der Waals surface area contributed by atoms with Crippen LogP contribution < -0.4 is 5.32 Å². The molecule has 0 spiro atoms. The van der Waals surface area contributed by atoms with Gasteiger partial charge < -0.3 is 20.3 Å². The molecule has 0 fully saturated rings. The van der Waals surface area contributed by atoms with Gasteiger partial charge in [0, 0.05) is 0 Å². The van der Waals surface area contributed by atoms with Gasteiger partial charge in [-0.3, -0.25) is 0 Å². The van der Waals surface area contributed by atoms with Gasteiger partial charge in [-0.15, -0.1) is 0 Å². The normalized spacial score (nSPS) is 14.2. The molecule has 130 valence electrons. The predicted molar refractivity (Wildman–Crippen MR) is 91.1 cm³/mol. The van der Waals surface area contributed by atoms with Gasteiger partial charge in [-0.2, -0.15) is 0 Å². The van der Waals surface area contributed by atoms with E-state index in [0.717, 1.165) is 23.1 Å². The first-order valence-electron chi connectivity index (χ1n) is 8.00. The molecule has 0 radical (unpaired) electrons. The van der Waals surface area contributed by atoms with Crippen LogP contribution in [0.1, 0.15) is 23.6 Å². The number of rotatable bonds is 5. The molecule has 1 amide bonds. The Kier molecular flexibility index (Phi) is 4.72. The molecule has 1 aliphatic rings. The number of benzene rings is 2. The van der Waals surface area contributed by atoms with Crippen LogP contribution in [0.4, 0.5) is 4.79 Å². The van der Waals surface area contributed by atoms with Crippen LogP contribution >= 0.6 is 0 Å². The number of carboxylic acid groups (broad SMARTS) is 1. The summed E-state index contributed by atoms with van der Waals surface area (Å²) in [5, 5.41) is 20.5. The van der Waals surface area contributed by atoms with Gasteiger partial charge in [0.05, 0.1) is 6.10 Å². The number of hydrogen-bond donors (Lipinski definition) is 3. The van der Waals surface area contributed by atoms with Gasteiger partial charge in [0.15, 0.2) is 6.04 Å². The molecule has 2 aromatic carbocycles. The lowest BCUT2D eigenvalue weighted by atomic mass is 10.0. The summed E-state index contributed by atoms with van der Waals surface area (Å²) in [5.74, 6) is -1.32. The van der Waals surface area contributed by atoms with Crippen molar-refractivity contribution in [3.8, 4) is 11.1 Å². The fourth-order valence-electron chi connectivity index (χ4n) is 3.06. The van der Waals surface area contributed by atoms with Gasteiger partial charge in [0.1, 0.15) is 6.61 Å². The Labute approximate surface area is 145 Å². The molecule has 2 atom stereocenters. The third kappa shape index (κ3) is 3.49. The maximum Gasteiger partial charge on any atom is 0.408 e. The Morgan fingerprint density at radius 2 is 1.88 bits per heavy atom. The number of alkyl carbamates (subject to hydrolysis) is 1. The zero-order valence-electron chi connectivity index (χ0n) is 13.7. The van der Waals surface area contributed by atoms with Crippen molar-refractivity contribution in [1.82, 2.24) is 5.32 Å². The number of carbonyl (C=O) groups excluding carboxylic acids is 1. The maximum absolute atomic E-state index is 11.8. The van der Waals surface area contributed by atoms with Crippen molar-refractivity contribution in [3.63, 3.8) is 0 Å². The van der Waals surface area contributed by atoms with Gasteiger partial charge >= 0.3 is 12.1 Å². The molecule has 0 bridgehead atoms. The molecule has 3 N–H and O–H groups in total. The maximum atomic E-state index is 11.8. The van der Waals surface area contributed by atoms with E-state index in [2.05, 4.69) is 17.4 Å². The molecule has 0 aliphatic heterocycles. The van der Waals surface area contributed by atoms with Crippen LogP contribution in [0.15, 0.2) is 42.5 Å². The van der Waals surface area contributed by atoms with E-state index in [9.17, 15) is 14.7 Å². The highest BCUT2D eigenvalue weighted by molar-refractivity contribution is 5.81. The van der Waals surface area contributed by atoms with Crippen molar-refractivity contribution < 1.29 is 24.5 Å². The second-order valence-corrected chi connectivity index (χ2v) is 6.05. The van der Waals surface area contributed by atoms with E-state index >= 15 is 0 Å². The fraction of sp³-hybridized carbons (Fsp3) is 0.263. The number of aliphatic carboxylic acids is 1. The van der Waals surface area contributed by atoms with Crippen LogP contribution in [0.2, 0.25) is 0 Å². The van der Waals surface area contributed by atoms with Crippen LogP contribution in [0.5, 0.6) is 0 Å². The monoisotopic (exact) mass is 341 g/mol. The summed E-state index contributed by atoms with van der Waals surface area (Å²) < 4.78 is 5.16. The molecule has 0 aromatic heterocycles. The number of aliphatic hydroxyl groups is 1. The predicted octanol–water partition coefficient (Wildman–Crippen LogP) is 2.32. The van der Waals surface area contributed by atoms with E-state index in [1.54, 1.807) is 0 Å². The van der Waals surface area contributed by atoms with E-state index in [1.807, 2.05) is 30.3 Å². The molecule has 6 nitrogen and oxygen atoms in total. The van der Waals surface area contributed by atoms with Crippen molar-refractivity contribution in [2.45, 2.75) is 32.1 Å². The van der Waals surface area contributed by atoms with Crippen LogP contribution in [0, 0.1) is 0 Å². The fourth-order valence-corrected chi connectivity index (χ4v) is 3.06. The standard InChI is InChI=1S/C19H19NO5/c1-11(21)17(18(22)23)20-19(24)25-10-13-6-4-8-15-14-7-3-2-5-12(14)9-16(13)15/h2-8,11,17,21H,9-10H2,1H3,(H,20,24)(H,22,23)/t11-,17+/m1/s1. The zero-order chi connectivity index (χ0) is 18.0. The third-order valence-electron chi connectivity index (χ3n) is 4.33. The molecule has 1 aliphatic carbocycles. The average molecular weight is 341 g/mol. The first-order valence-corrected chi connectivity index (χ1v) is 8.00. The molecule has 0 heterocycles. The van der Waals surface area contributed by atoms with Gasteiger partial charge in [-0.1, -0.05) is 42.5 Å². The second kappa shape index (κ2) is 6.94. The van der Waals surface area contributed by atoms with E-state index in [1.165, 1.54) is 18.1 Å². The van der Waals surface area contributed by atoms with Crippen molar-refractivity contribution in [1.29, 1.82) is 0 Å². The smallest absolute Gasteiger partial charge is 0.408 e. The van der Waals surface area contributed by atoms with Crippen molar-refractivity contribution >= 4 is 12.1 Å². The quantitative estimate of drug-likeness (QED) is 0.662. The van der Waals surface area contributed by atoms with Crippen molar-refractivity contribution in [3.05, 3.63) is 59.2 Å². The topological polar surface area (TPSA) is 95.9 Å². The van der Waals surface area contributed by atoms with Gasteiger partial charge in [-0.25, -0.2) is 9.59 Å². The molecular weight excluding hydrogens is 322 g/mol. The SMILES string of the molecule is C[C@@H](O)[C@H](NC(=O)OCc1cccc2c1Cc1ccccc1-2)C(=O)O. The molecule has 0 unspecified atom stereocenters. The summed E-state index contributed by atoms with van der Waals surface area (Å²) >= 11 is 0. The Balaban J connectivity index is 1.69. The molecule has 0 saturated carbocycles. The minimum absolute atomic E-state index is 0.0368. The average Bonchev–Trinajstić information content (AvgIpc) is 2.96. The van der Waals surface area contributed by atoms with E-state index in [0.29, 0.717) is 0 Å². The third-order valence-corrected chi connectivity index (χ3v) is 4.33. The van der Waals surface area contributed by atoms with E-state index in [4.69, 9.17) is 9.84 Å². The summed E-state index contributed by atoms with van der Waals surface area (Å²) in [6, 6.07) is 12.6. The van der Waals surface area contributed by atoms with Crippen LogP contribution in [-0.4, -0.2) is 34.4 Å². The zero-order valence-corrected chi connectivity index (χ0v) is 13.7. The van der Waals surface area contributed by atoms with Gasteiger partial charge in [0.25, 0.3) is 0 Å². The molecule has 25 heavy (non-hydrogen) atoms. The minimum atomic E-state index is -1.40. The number of aliphatic hydroxyl groups excluding tert-OH is 1. The largest absolute Gasteiger partial charge is 0.480 e. The molecule has 3 rings (SSSR count).